The quantitative estimate of drug-likeness (QED) is 0.212. The summed E-state index contributed by atoms with van der Waals surface area (Å²) < 4.78 is 11.0. The molecule has 0 N–H and O–H groups in total. The van der Waals surface area contributed by atoms with Crippen LogP contribution >= 0.6 is 0 Å². The molecule has 0 aliphatic carbocycles. The Morgan fingerprint density at radius 2 is 1.31 bits per heavy atom. The molecule has 0 aliphatic rings. The summed E-state index contributed by atoms with van der Waals surface area (Å²) in [5.41, 5.74) is 4.04. The second-order valence-electron chi connectivity index (χ2n) is 7.33. The average Bonchev–Trinajstić information content (AvgIpc) is 2.85. The summed E-state index contributed by atoms with van der Waals surface area (Å²) in [5, 5.41) is 0. The summed E-state index contributed by atoms with van der Waals surface area (Å²) in [5.74, 6) is 0.404. The molecule has 0 aliphatic heterocycles. The molecule has 0 amide bonds. The van der Waals surface area contributed by atoms with E-state index in [9.17, 15) is 9.59 Å². The molecule has 0 aromatic heterocycles. The highest BCUT2D eigenvalue weighted by molar-refractivity contribution is 6.09. The molecule has 0 atom stereocenters. The van der Waals surface area contributed by atoms with Gasteiger partial charge in [0.05, 0.1) is 0 Å². The van der Waals surface area contributed by atoms with Gasteiger partial charge in [0.15, 0.2) is 12.4 Å². The lowest BCUT2D eigenvalue weighted by Gasteiger charge is -2.10. The van der Waals surface area contributed by atoms with E-state index in [-0.39, 0.29) is 12.4 Å². The summed E-state index contributed by atoms with van der Waals surface area (Å²) in [6.07, 6.45) is 0. The van der Waals surface area contributed by atoms with Gasteiger partial charge in [0, 0.05) is 11.1 Å². The zero-order valence-corrected chi connectivity index (χ0v) is 17.7. The molecule has 4 nitrogen and oxygen atoms in total. The molecular formula is C28H22O4. The molecule has 0 heterocycles. The van der Waals surface area contributed by atoms with Crippen molar-refractivity contribution in [1.82, 2.24) is 0 Å². The fourth-order valence-corrected chi connectivity index (χ4v) is 3.33. The zero-order valence-electron chi connectivity index (χ0n) is 17.7. The van der Waals surface area contributed by atoms with Crippen molar-refractivity contribution >= 4 is 11.8 Å². The molecular weight excluding hydrogens is 400 g/mol. The molecule has 32 heavy (non-hydrogen) atoms. The van der Waals surface area contributed by atoms with E-state index in [4.69, 9.17) is 9.47 Å². The van der Waals surface area contributed by atoms with E-state index in [2.05, 4.69) is 0 Å². The largest absolute Gasteiger partial charge is 0.482 e. The third-order valence-corrected chi connectivity index (χ3v) is 5.02. The number of esters is 1. The molecule has 0 saturated carbocycles. The van der Waals surface area contributed by atoms with Crippen LogP contribution in [0.3, 0.4) is 0 Å². The maximum atomic E-state index is 12.6. The third-order valence-electron chi connectivity index (χ3n) is 5.02. The van der Waals surface area contributed by atoms with E-state index in [0.717, 1.165) is 11.1 Å². The molecule has 0 radical (unpaired) electrons. The van der Waals surface area contributed by atoms with Crippen molar-refractivity contribution in [3.63, 3.8) is 0 Å². The second-order valence-corrected chi connectivity index (χ2v) is 7.33. The predicted molar refractivity (Wildman–Crippen MR) is 124 cm³/mol. The smallest absolute Gasteiger partial charge is 0.349 e. The molecule has 4 aromatic rings. The molecule has 0 spiro atoms. The highest BCUT2D eigenvalue weighted by Crippen LogP contribution is 2.23. The Hall–Kier alpha value is -4.18. The fourth-order valence-electron chi connectivity index (χ4n) is 3.33. The van der Waals surface area contributed by atoms with Crippen molar-refractivity contribution in [2.75, 3.05) is 6.61 Å². The Morgan fingerprint density at radius 1 is 0.688 bits per heavy atom. The Balaban J connectivity index is 1.34. The van der Waals surface area contributed by atoms with Gasteiger partial charge in [-0.05, 0) is 53.9 Å². The van der Waals surface area contributed by atoms with Crippen molar-refractivity contribution in [3.05, 3.63) is 120 Å². The topological polar surface area (TPSA) is 52.6 Å². The molecule has 0 saturated heterocycles. The Kier molecular flexibility index (Phi) is 6.42. The number of carbonyl (C=O) groups excluding carboxylic acids is 2. The van der Waals surface area contributed by atoms with Crippen LogP contribution in [0.15, 0.2) is 103 Å². The van der Waals surface area contributed by atoms with Gasteiger partial charge in [-0.15, -0.1) is 0 Å². The molecule has 4 rings (SSSR count). The van der Waals surface area contributed by atoms with Crippen LogP contribution in [0.5, 0.6) is 11.5 Å². The van der Waals surface area contributed by atoms with Crippen molar-refractivity contribution in [3.8, 4) is 22.6 Å². The van der Waals surface area contributed by atoms with E-state index in [1.807, 2.05) is 72.8 Å². The first kappa shape index (κ1) is 21.1. The minimum absolute atomic E-state index is 0.0751. The molecule has 0 fully saturated rings. The number of rotatable bonds is 7. The van der Waals surface area contributed by atoms with Crippen LogP contribution in [-0.2, 0) is 4.79 Å². The van der Waals surface area contributed by atoms with Gasteiger partial charge in [0.1, 0.15) is 11.5 Å². The minimum atomic E-state index is -0.512. The highest BCUT2D eigenvalue weighted by atomic mass is 16.6. The lowest BCUT2D eigenvalue weighted by atomic mass is 10.0. The average molecular weight is 422 g/mol. The Bertz CT molecular complexity index is 1210. The van der Waals surface area contributed by atoms with Gasteiger partial charge in [0.2, 0.25) is 0 Å². The first-order chi connectivity index (χ1) is 15.6. The molecule has 0 unspecified atom stereocenters. The number of aryl methyl sites for hydroxylation is 1. The minimum Gasteiger partial charge on any atom is -0.482 e. The van der Waals surface area contributed by atoms with Crippen LogP contribution in [0.4, 0.5) is 0 Å². The first-order valence-corrected chi connectivity index (χ1v) is 10.3. The molecule has 4 heteroatoms. The van der Waals surface area contributed by atoms with E-state index < -0.39 is 5.97 Å². The standard InChI is InChI=1S/C28H22O4/c1-20-18-24(28(30)23-10-6-3-7-11-23)14-17-26(20)32-27(29)19-31-25-15-12-22(13-16-25)21-8-4-2-5-9-21/h2-18H,19H2,1H3. The number of benzene rings is 4. The summed E-state index contributed by atoms with van der Waals surface area (Å²) in [4.78, 5) is 24.8. The predicted octanol–water partition coefficient (Wildman–Crippen LogP) is 5.88. The number of hydrogen-bond acceptors (Lipinski definition) is 4. The summed E-state index contributed by atoms with van der Waals surface area (Å²) in [6.45, 7) is 1.59. The summed E-state index contributed by atoms with van der Waals surface area (Å²) in [6, 6.07) is 31.6. The zero-order chi connectivity index (χ0) is 22.3. The van der Waals surface area contributed by atoms with E-state index in [0.29, 0.717) is 28.2 Å². The number of carbonyl (C=O) groups is 2. The van der Waals surface area contributed by atoms with Gasteiger partial charge < -0.3 is 9.47 Å². The lowest BCUT2D eigenvalue weighted by molar-refractivity contribution is -0.136. The van der Waals surface area contributed by atoms with Crippen LogP contribution in [0, 0.1) is 6.92 Å². The molecule has 158 valence electrons. The van der Waals surface area contributed by atoms with E-state index in [1.54, 1.807) is 37.3 Å². The van der Waals surface area contributed by atoms with Crippen molar-refractivity contribution in [1.29, 1.82) is 0 Å². The maximum absolute atomic E-state index is 12.6. The van der Waals surface area contributed by atoms with Gasteiger partial charge in [-0.1, -0.05) is 72.8 Å². The maximum Gasteiger partial charge on any atom is 0.349 e. The SMILES string of the molecule is Cc1cc(C(=O)c2ccccc2)ccc1OC(=O)COc1ccc(-c2ccccc2)cc1. The van der Waals surface area contributed by atoms with Gasteiger partial charge in [0.25, 0.3) is 0 Å². The normalized spacial score (nSPS) is 10.4. The number of ketones is 1. The first-order valence-electron chi connectivity index (χ1n) is 10.3. The summed E-state index contributed by atoms with van der Waals surface area (Å²) in [7, 11) is 0. The van der Waals surface area contributed by atoms with Gasteiger partial charge >= 0.3 is 5.97 Å². The van der Waals surface area contributed by atoms with Gasteiger partial charge in [-0.2, -0.15) is 0 Å². The van der Waals surface area contributed by atoms with Gasteiger partial charge in [-0.3, -0.25) is 4.79 Å². The molecule has 4 aromatic carbocycles. The number of hydrogen-bond donors (Lipinski definition) is 0. The van der Waals surface area contributed by atoms with Crippen LogP contribution < -0.4 is 9.47 Å². The van der Waals surface area contributed by atoms with Crippen LogP contribution in [0.2, 0.25) is 0 Å². The highest BCUT2D eigenvalue weighted by Gasteiger charge is 2.13. The third kappa shape index (κ3) is 5.10. The number of ether oxygens (including phenoxy) is 2. The fraction of sp³-hybridized carbons (Fsp3) is 0.0714. The monoisotopic (exact) mass is 422 g/mol. The van der Waals surface area contributed by atoms with E-state index >= 15 is 0 Å². The van der Waals surface area contributed by atoms with Crippen LogP contribution in [0.25, 0.3) is 11.1 Å². The lowest BCUT2D eigenvalue weighted by Crippen LogP contribution is -2.18. The Morgan fingerprint density at radius 3 is 1.97 bits per heavy atom. The van der Waals surface area contributed by atoms with Gasteiger partial charge in [-0.25, -0.2) is 4.79 Å². The summed E-state index contributed by atoms with van der Waals surface area (Å²) >= 11 is 0. The van der Waals surface area contributed by atoms with Crippen LogP contribution in [0.1, 0.15) is 21.5 Å². The second kappa shape index (κ2) is 9.75. The van der Waals surface area contributed by atoms with E-state index in [1.165, 1.54) is 0 Å². The van der Waals surface area contributed by atoms with Crippen molar-refractivity contribution in [2.45, 2.75) is 6.92 Å². The van der Waals surface area contributed by atoms with Crippen molar-refractivity contribution in [2.24, 2.45) is 0 Å². The van der Waals surface area contributed by atoms with Crippen LogP contribution in [-0.4, -0.2) is 18.4 Å². The van der Waals surface area contributed by atoms with Crippen molar-refractivity contribution < 1.29 is 19.1 Å². The Labute approximate surface area is 187 Å². The molecule has 0 bridgehead atoms.